The molecule has 2 aromatic heterocycles. The number of carbonyl (C=O) groups is 1. The molecule has 1 aromatic carbocycles. The van der Waals surface area contributed by atoms with Crippen LogP contribution in [-0.4, -0.2) is 38.4 Å². The van der Waals surface area contributed by atoms with Gasteiger partial charge in [-0.25, -0.2) is 0 Å². The maximum absolute atomic E-state index is 11.8. The van der Waals surface area contributed by atoms with Crippen LogP contribution in [0.4, 0.5) is 0 Å². The van der Waals surface area contributed by atoms with Crippen LogP contribution in [0.25, 0.3) is 22.0 Å². The SMILES string of the molecule is CNC(=O)c1cncc(-c2ccc3cn(CCC(C)(C)O)nc3c2)c1. The Morgan fingerprint density at radius 2 is 2.04 bits per heavy atom. The van der Waals surface area contributed by atoms with E-state index in [0.717, 1.165) is 22.0 Å². The Morgan fingerprint density at radius 3 is 2.76 bits per heavy atom. The summed E-state index contributed by atoms with van der Waals surface area (Å²) in [4.78, 5) is 15.9. The number of fused-ring (bicyclic) bond motifs is 1. The van der Waals surface area contributed by atoms with E-state index in [2.05, 4.69) is 15.4 Å². The number of pyridine rings is 1. The standard InChI is InChI=1S/C19H22N4O2/c1-19(2,25)6-7-23-12-14-5-4-13(9-17(14)22-23)15-8-16(11-21-10-15)18(24)20-3/h4-5,8-12,25H,6-7H2,1-3H3,(H,20,24). The van der Waals surface area contributed by atoms with Crippen molar-refractivity contribution >= 4 is 16.8 Å². The second kappa shape index (κ2) is 6.64. The van der Waals surface area contributed by atoms with Crippen LogP contribution < -0.4 is 5.32 Å². The minimum atomic E-state index is -0.713. The molecule has 2 N–H and O–H groups in total. The summed E-state index contributed by atoms with van der Waals surface area (Å²) in [5.41, 5.74) is 2.51. The third-order valence-corrected chi connectivity index (χ3v) is 4.07. The van der Waals surface area contributed by atoms with Gasteiger partial charge >= 0.3 is 0 Å². The lowest BCUT2D eigenvalue weighted by Gasteiger charge is -2.16. The number of aromatic nitrogens is 3. The molecule has 0 spiro atoms. The summed E-state index contributed by atoms with van der Waals surface area (Å²) in [7, 11) is 1.60. The molecule has 3 rings (SSSR count). The van der Waals surface area contributed by atoms with Crippen LogP contribution in [0.1, 0.15) is 30.6 Å². The van der Waals surface area contributed by atoms with E-state index >= 15 is 0 Å². The van der Waals surface area contributed by atoms with Gasteiger partial charge in [0.2, 0.25) is 0 Å². The number of rotatable bonds is 5. The maximum Gasteiger partial charge on any atom is 0.252 e. The van der Waals surface area contributed by atoms with Gasteiger partial charge in [0, 0.05) is 43.1 Å². The molecule has 0 bridgehead atoms. The molecule has 1 amide bonds. The van der Waals surface area contributed by atoms with Crippen molar-refractivity contribution in [1.82, 2.24) is 20.1 Å². The number of aliphatic hydroxyl groups is 1. The molecule has 6 heteroatoms. The van der Waals surface area contributed by atoms with Gasteiger partial charge in [0.15, 0.2) is 0 Å². The molecule has 6 nitrogen and oxygen atoms in total. The van der Waals surface area contributed by atoms with E-state index in [0.29, 0.717) is 18.5 Å². The Balaban J connectivity index is 1.90. The van der Waals surface area contributed by atoms with Gasteiger partial charge in [-0.1, -0.05) is 12.1 Å². The third-order valence-electron chi connectivity index (χ3n) is 4.07. The van der Waals surface area contributed by atoms with Gasteiger partial charge < -0.3 is 10.4 Å². The van der Waals surface area contributed by atoms with Crippen molar-refractivity contribution in [3.8, 4) is 11.1 Å². The van der Waals surface area contributed by atoms with Crippen molar-refractivity contribution in [3.63, 3.8) is 0 Å². The van der Waals surface area contributed by atoms with Crippen LogP contribution in [-0.2, 0) is 6.54 Å². The van der Waals surface area contributed by atoms with Crippen LogP contribution in [0.5, 0.6) is 0 Å². The van der Waals surface area contributed by atoms with E-state index in [9.17, 15) is 9.90 Å². The first-order valence-electron chi connectivity index (χ1n) is 8.23. The first-order valence-corrected chi connectivity index (χ1v) is 8.23. The number of carbonyl (C=O) groups excluding carboxylic acids is 1. The fourth-order valence-electron chi connectivity index (χ4n) is 2.62. The fourth-order valence-corrected chi connectivity index (χ4v) is 2.62. The Labute approximate surface area is 146 Å². The molecule has 0 radical (unpaired) electrons. The monoisotopic (exact) mass is 338 g/mol. The predicted octanol–water partition coefficient (Wildman–Crippen LogP) is 2.62. The molecule has 2 heterocycles. The number of aryl methyl sites for hydroxylation is 1. The Kier molecular flexibility index (Phi) is 4.55. The highest BCUT2D eigenvalue weighted by Crippen LogP contribution is 2.24. The highest BCUT2D eigenvalue weighted by atomic mass is 16.3. The molecule has 0 saturated carbocycles. The zero-order valence-corrected chi connectivity index (χ0v) is 14.7. The molecule has 0 unspecified atom stereocenters. The van der Waals surface area contributed by atoms with Crippen molar-refractivity contribution in [1.29, 1.82) is 0 Å². The quantitative estimate of drug-likeness (QED) is 0.749. The van der Waals surface area contributed by atoms with Gasteiger partial charge in [-0.3, -0.25) is 14.5 Å². The maximum atomic E-state index is 11.8. The summed E-state index contributed by atoms with van der Waals surface area (Å²) in [6, 6.07) is 7.80. The lowest BCUT2D eigenvalue weighted by molar-refractivity contribution is 0.0651. The van der Waals surface area contributed by atoms with Gasteiger partial charge in [0.1, 0.15) is 0 Å². The van der Waals surface area contributed by atoms with Gasteiger partial charge in [0.05, 0.1) is 16.7 Å². The molecule has 0 aliphatic carbocycles. The molecule has 25 heavy (non-hydrogen) atoms. The number of benzene rings is 1. The summed E-state index contributed by atoms with van der Waals surface area (Å²) >= 11 is 0. The smallest absolute Gasteiger partial charge is 0.252 e. The van der Waals surface area contributed by atoms with E-state index < -0.39 is 5.60 Å². The molecular formula is C19H22N4O2. The average molecular weight is 338 g/mol. The second-order valence-corrected chi connectivity index (χ2v) is 6.77. The summed E-state index contributed by atoms with van der Waals surface area (Å²) in [6.07, 6.45) is 5.89. The minimum absolute atomic E-state index is 0.161. The predicted molar refractivity (Wildman–Crippen MR) is 97.3 cm³/mol. The molecule has 130 valence electrons. The number of nitrogens with one attached hydrogen (secondary N) is 1. The van der Waals surface area contributed by atoms with Crippen LogP contribution in [0.2, 0.25) is 0 Å². The molecule has 0 aliphatic heterocycles. The Bertz CT molecular complexity index is 909. The van der Waals surface area contributed by atoms with Crippen molar-refractivity contribution in [2.75, 3.05) is 7.05 Å². The average Bonchev–Trinajstić information content (AvgIpc) is 3.01. The highest BCUT2D eigenvalue weighted by molar-refractivity contribution is 5.95. The summed E-state index contributed by atoms with van der Waals surface area (Å²) in [5, 5.41) is 18.1. The Morgan fingerprint density at radius 1 is 1.24 bits per heavy atom. The van der Waals surface area contributed by atoms with Crippen molar-refractivity contribution in [2.24, 2.45) is 0 Å². The van der Waals surface area contributed by atoms with Crippen molar-refractivity contribution in [2.45, 2.75) is 32.4 Å². The summed E-state index contributed by atoms with van der Waals surface area (Å²) in [5.74, 6) is -0.161. The molecule has 0 fully saturated rings. The third kappa shape index (κ3) is 4.03. The molecular weight excluding hydrogens is 316 g/mol. The van der Waals surface area contributed by atoms with Crippen LogP contribution in [0.15, 0.2) is 42.9 Å². The molecule has 0 aliphatic rings. The fraction of sp³-hybridized carbons (Fsp3) is 0.316. The largest absolute Gasteiger partial charge is 0.390 e. The van der Waals surface area contributed by atoms with Gasteiger partial charge in [0.25, 0.3) is 5.91 Å². The van der Waals surface area contributed by atoms with Gasteiger partial charge in [-0.05, 0) is 38.0 Å². The van der Waals surface area contributed by atoms with Gasteiger partial charge in [-0.15, -0.1) is 0 Å². The normalized spacial score (nSPS) is 11.7. The number of hydrogen-bond donors (Lipinski definition) is 2. The van der Waals surface area contributed by atoms with E-state index in [1.54, 1.807) is 33.3 Å². The first-order chi connectivity index (χ1) is 11.9. The lowest BCUT2D eigenvalue weighted by Crippen LogP contribution is -2.21. The molecule has 0 saturated heterocycles. The number of hydrogen-bond acceptors (Lipinski definition) is 4. The van der Waals surface area contributed by atoms with Crippen LogP contribution in [0, 0.1) is 0 Å². The zero-order chi connectivity index (χ0) is 18.0. The number of amides is 1. The van der Waals surface area contributed by atoms with Gasteiger partial charge in [-0.2, -0.15) is 5.10 Å². The highest BCUT2D eigenvalue weighted by Gasteiger charge is 2.13. The zero-order valence-electron chi connectivity index (χ0n) is 14.7. The first kappa shape index (κ1) is 17.1. The van der Waals surface area contributed by atoms with Crippen molar-refractivity contribution < 1.29 is 9.90 Å². The summed E-state index contributed by atoms with van der Waals surface area (Å²) in [6.45, 7) is 4.24. The van der Waals surface area contributed by atoms with E-state index in [1.807, 2.05) is 35.1 Å². The molecule has 0 atom stereocenters. The topological polar surface area (TPSA) is 80.0 Å². The second-order valence-electron chi connectivity index (χ2n) is 6.77. The van der Waals surface area contributed by atoms with E-state index in [-0.39, 0.29) is 5.91 Å². The van der Waals surface area contributed by atoms with Crippen LogP contribution in [0.3, 0.4) is 0 Å². The number of nitrogens with zero attached hydrogens (tertiary/aromatic N) is 3. The van der Waals surface area contributed by atoms with E-state index in [4.69, 9.17) is 0 Å². The van der Waals surface area contributed by atoms with E-state index in [1.165, 1.54) is 0 Å². The Hall–Kier alpha value is -2.73. The molecule has 3 aromatic rings. The minimum Gasteiger partial charge on any atom is -0.390 e. The van der Waals surface area contributed by atoms with Crippen molar-refractivity contribution in [3.05, 3.63) is 48.4 Å². The lowest BCUT2D eigenvalue weighted by atomic mass is 10.0. The summed E-state index contributed by atoms with van der Waals surface area (Å²) < 4.78 is 1.85. The van der Waals surface area contributed by atoms with Crippen LogP contribution >= 0.6 is 0 Å².